The van der Waals surface area contributed by atoms with Crippen molar-refractivity contribution in [3.8, 4) is 0 Å². The molecule has 1 aliphatic rings. The third-order valence-electron chi connectivity index (χ3n) is 3.73. The summed E-state index contributed by atoms with van der Waals surface area (Å²) in [5, 5.41) is 0. The molecule has 116 valence electrons. The maximum atomic E-state index is 12.1. The Kier molecular flexibility index (Phi) is 5.22. The van der Waals surface area contributed by atoms with Gasteiger partial charge in [-0.1, -0.05) is 20.8 Å². The molecule has 4 nitrogen and oxygen atoms in total. The lowest BCUT2D eigenvalue weighted by atomic mass is 9.80. The Hall–Kier alpha value is -1.06. The molecule has 1 saturated heterocycles. The number of hydrogen-bond donors (Lipinski definition) is 0. The third kappa shape index (κ3) is 5.51. The highest BCUT2D eigenvalue weighted by atomic mass is 16.6. The first-order valence-electron chi connectivity index (χ1n) is 7.48. The number of hydrogen-bond acceptors (Lipinski definition) is 3. The van der Waals surface area contributed by atoms with Crippen molar-refractivity contribution in [2.24, 2.45) is 11.3 Å². The first kappa shape index (κ1) is 17.0. The Morgan fingerprint density at radius 2 is 1.70 bits per heavy atom. The van der Waals surface area contributed by atoms with Gasteiger partial charge in [-0.25, -0.2) is 0 Å². The lowest BCUT2D eigenvalue weighted by Gasteiger charge is -2.27. The number of ether oxygens (including phenoxy) is 1. The van der Waals surface area contributed by atoms with E-state index in [0.717, 1.165) is 19.5 Å². The van der Waals surface area contributed by atoms with Crippen LogP contribution in [0.5, 0.6) is 0 Å². The van der Waals surface area contributed by atoms with Crippen LogP contribution in [0.3, 0.4) is 0 Å². The molecule has 1 aliphatic heterocycles. The van der Waals surface area contributed by atoms with Crippen LogP contribution in [0.2, 0.25) is 0 Å². The van der Waals surface area contributed by atoms with Crippen LogP contribution in [0.25, 0.3) is 0 Å². The number of nitrogens with zero attached hydrogens (tertiary/aromatic N) is 1. The molecule has 0 aliphatic carbocycles. The second kappa shape index (κ2) is 6.15. The Morgan fingerprint density at radius 3 is 2.15 bits per heavy atom. The fraction of sp³-hybridized carbons (Fsp3) is 0.875. The van der Waals surface area contributed by atoms with Gasteiger partial charge in [-0.15, -0.1) is 0 Å². The predicted octanol–water partition coefficient (Wildman–Crippen LogP) is 3.00. The molecule has 1 heterocycles. The lowest BCUT2D eigenvalue weighted by molar-refractivity contribution is -0.156. The van der Waals surface area contributed by atoms with E-state index in [9.17, 15) is 9.59 Å². The highest BCUT2D eigenvalue weighted by Crippen LogP contribution is 2.33. The second-order valence-corrected chi connectivity index (χ2v) is 7.78. The molecule has 0 aromatic rings. The topological polar surface area (TPSA) is 46.6 Å². The van der Waals surface area contributed by atoms with Crippen LogP contribution < -0.4 is 0 Å². The summed E-state index contributed by atoms with van der Waals surface area (Å²) in [7, 11) is 0. The van der Waals surface area contributed by atoms with Crippen LogP contribution in [0.4, 0.5) is 0 Å². The van der Waals surface area contributed by atoms with Gasteiger partial charge < -0.3 is 9.64 Å². The highest BCUT2D eigenvalue weighted by molar-refractivity contribution is 5.81. The van der Waals surface area contributed by atoms with E-state index < -0.39 is 5.60 Å². The Labute approximate surface area is 122 Å². The number of likely N-dealkylation sites (tertiary alicyclic amines) is 1. The van der Waals surface area contributed by atoms with Crippen molar-refractivity contribution in [3.05, 3.63) is 0 Å². The summed E-state index contributed by atoms with van der Waals surface area (Å²) >= 11 is 0. The first-order chi connectivity index (χ1) is 8.99. The molecule has 1 rings (SSSR count). The average molecular weight is 283 g/mol. The van der Waals surface area contributed by atoms with E-state index in [1.54, 1.807) is 0 Å². The number of carbonyl (C=O) groups is 2. The summed E-state index contributed by atoms with van der Waals surface area (Å²) in [6.07, 6.45) is 1.49. The fourth-order valence-corrected chi connectivity index (χ4v) is 2.45. The molecule has 0 saturated carbocycles. The van der Waals surface area contributed by atoms with Crippen molar-refractivity contribution >= 4 is 11.9 Å². The molecule has 0 bridgehead atoms. The van der Waals surface area contributed by atoms with E-state index in [2.05, 4.69) is 20.8 Å². The Balaban J connectivity index is 2.36. The standard InChI is InChI=1S/C16H29NO3/c1-15(2,3)12-9-10-17(11-12)13(18)7-8-14(19)20-16(4,5)6/h12H,7-11H2,1-6H3. The molecule has 0 aromatic carbocycles. The quantitative estimate of drug-likeness (QED) is 0.748. The van der Waals surface area contributed by atoms with Crippen LogP contribution in [0, 0.1) is 11.3 Å². The summed E-state index contributed by atoms with van der Waals surface area (Å²) in [5.74, 6) is 0.327. The largest absolute Gasteiger partial charge is 0.460 e. The van der Waals surface area contributed by atoms with Gasteiger partial charge in [-0.05, 0) is 38.5 Å². The Bertz CT molecular complexity index is 363. The summed E-state index contributed by atoms with van der Waals surface area (Å²) in [6, 6.07) is 0. The van der Waals surface area contributed by atoms with E-state index in [1.807, 2.05) is 25.7 Å². The molecule has 0 spiro atoms. The van der Waals surface area contributed by atoms with Gasteiger partial charge in [-0.2, -0.15) is 0 Å². The van der Waals surface area contributed by atoms with Crippen molar-refractivity contribution in [2.75, 3.05) is 13.1 Å². The molecule has 1 unspecified atom stereocenters. The zero-order valence-electron chi connectivity index (χ0n) is 13.8. The number of rotatable bonds is 3. The summed E-state index contributed by atoms with van der Waals surface area (Å²) in [4.78, 5) is 25.6. The first-order valence-corrected chi connectivity index (χ1v) is 7.48. The van der Waals surface area contributed by atoms with Crippen LogP contribution in [-0.4, -0.2) is 35.5 Å². The Morgan fingerprint density at radius 1 is 1.10 bits per heavy atom. The molecule has 0 radical (unpaired) electrons. The van der Waals surface area contributed by atoms with Gasteiger partial charge in [0.15, 0.2) is 0 Å². The number of carbonyl (C=O) groups excluding carboxylic acids is 2. The summed E-state index contributed by atoms with van der Waals surface area (Å²) in [6.45, 7) is 13.8. The van der Waals surface area contributed by atoms with Crippen LogP contribution in [-0.2, 0) is 14.3 Å². The van der Waals surface area contributed by atoms with Crippen molar-refractivity contribution in [3.63, 3.8) is 0 Å². The van der Waals surface area contributed by atoms with Crippen LogP contribution in [0.1, 0.15) is 60.8 Å². The zero-order valence-corrected chi connectivity index (χ0v) is 13.8. The molecule has 20 heavy (non-hydrogen) atoms. The normalized spacial score (nSPS) is 20.1. The van der Waals surface area contributed by atoms with Gasteiger partial charge in [-0.3, -0.25) is 9.59 Å². The molecule has 1 amide bonds. The average Bonchev–Trinajstić information content (AvgIpc) is 2.72. The van der Waals surface area contributed by atoms with Gasteiger partial charge in [0.25, 0.3) is 0 Å². The lowest BCUT2D eigenvalue weighted by Crippen LogP contribution is -2.32. The van der Waals surface area contributed by atoms with Gasteiger partial charge in [0.2, 0.25) is 5.91 Å². The zero-order chi connectivity index (χ0) is 15.6. The molecule has 1 atom stereocenters. The SMILES string of the molecule is CC(C)(C)OC(=O)CCC(=O)N1CCC(C(C)(C)C)C1. The summed E-state index contributed by atoms with van der Waals surface area (Å²) in [5.41, 5.74) is -0.245. The minimum atomic E-state index is -0.481. The number of esters is 1. The molecule has 0 N–H and O–H groups in total. The van der Waals surface area contributed by atoms with Crippen molar-refractivity contribution in [1.82, 2.24) is 4.90 Å². The van der Waals surface area contributed by atoms with Crippen molar-refractivity contribution in [1.29, 1.82) is 0 Å². The molecular formula is C16H29NO3. The van der Waals surface area contributed by atoms with Crippen LogP contribution >= 0.6 is 0 Å². The van der Waals surface area contributed by atoms with Gasteiger partial charge >= 0.3 is 5.97 Å². The molecule has 1 fully saturated rings. The minimum absolute atomic E-state index is 0.0719. The maximum absolute atomic E-state index is 12.1. The molecule has 4 heteroatoms. The van der Waals surface area contributed by atoms with Gasteiger partial charge in [0, 0.05) is 19.5 Å². The monoisotopic (exact) mass is 283 g/mol. The molecular weight excluding hydrogens is 254 g/mol. The fourth-order valence-electron chi connectivity index (χ4n) is 2.45. The number of amides is 1. The van der Waals surface area contributed by atoms with E-state index >= 15 is 0 Å². The van der Waals surface area contributed by atoms with Gasteiger partial charge in [0.05, 0.1) is 6.42 Å². The van der Waals surface area contributed by atoms with E-state index in [-0.39, 0.29) is 30.1 Å². The predicted molar refractivity (Wildman–Crippen MR) is 79.2 cm³/mol. The minimum Gasteiger partial charge on any atom is -0.460 e. The van der Waals surface area contributed by atoms with Crippen molar-refractivity contribution in [2.45, 2.75) is 66.4 Å². The van der Waals surface area contributed by atoms with Gasteiger partial charge in [0.1, 0.15) is 5.60 Å². The van der Waals surface area contributed by atoms with E-state index in [0.29, 0.717) is 5.92 Å². The maximum Gasteiger partial charge on any atom is 0.306 e. The second-order valence-electron chi connectivity index (χ2n) is 7.78. The molecule has 0 aromatic heterocycles. The summed E-state index contributed by atoms with van der Waals surface area (Å²) < 4.78 is 5.22. The van der Waals surface area contributed by atoms with Crippen LogP contribution in [0.15, 0.2) is 0 Å². The van der Waals surface area contributed by atoms with E-state index in [1.165, 1.54) is 0 Å². The van der Waals surface area contributed by atoms with E-state index in [4.69, 9.17) is 4.74 Å². The highest BCUT2D eigenvalue weighted by Gasteiger charge is 2.33. The van der Waals surface area contributed by atoms with Crippen molar-refractivity contribution < 1.29 is 14.3 Å². The smallest absolute Gasteiger partial charge is 0.306 e. The third-order valence-corrected chi connectivity index (χ3v) is 3.73.